The van der Waals surface area contributed by atoms with Crippen LogP contribution < -0.4 is 0 Å². The predicted octanol–water partition coefficient (Wildman–Crippen LogP) is 1.45. The van der Waals surface area contributed by atoms with E-state index in [0.717, 1.165) is 12.8 Å². The molecule has 1 unspecified atom stereocenters. The van der Waals surface area contributed by atoms with Crippen LogP contribution >= 0.6 is 8.25 Å². The summed E-state index contributed by atoms with van der Waals surface area (Å²) in [5.74, 6) is 0. The number of hydrogen-bond donors (Lipinski definition) is 1. The maximum Gasteiger partial charge on any atom is 0.694 e. The van der Waals surface area contributed by atoms with E-state index in [1.807, 2.05) is 6.92 Å². The molecule has 0 saturated heterocycles. The average molecular weight is 281 g/mol. The monoisotopic (exact) mass is 279 g/mol. The third kappa shape index (κ3) is 12.5. The second-order valence-corrected chi connectivity index (χ2v) is 2.16. The molecule has 0 aromatic carbocycles. The van der Waals surface area contributed by atoms with Gasteiger partial charge in [-0.1, -0.05) is 13.3 Å². The van der Waals surface area contributed by atoms with Crippen molar-refractivity contribution in [3.8, 4) is 0 Å². The first kappa shape index (κ1) is 13.0. The van der Waals surface area contributed by atoms with Crippen LogP contribution in [0.2, 0.25) is 0 Å². The summed E-state index contributed by atoms with van der Waals surface area (Å²) in [7, 11) is -2.36. The molecule has 9 heavy (non-hydrogen) atoms. The van der Waals surface area contributed by atoms with Crippen molar-refractivity contribution >= 4 is 8.25 Å². The molecule has 1 N–H and O–H groups in total. The molecule has 1 atom stereocenters. The molecule has 3 nitrogen and oxygen atoms in total. The Balaban J connectivity index is 0. The summed E-state index contributed by atoms with van der Waals surface area (Å²) < 4.78 is 14.1. The van der Waals surface area contributed by atoms with Gasteiger partial charge in [-0.05, 0) is 6.42 Å². The Hall–Kier alpha value is 1.37. The van der Waals surface area contributed by atoms with Gasteiger partial charge in [-0.2, -0.15) is 0 Å². The van der Waals surface area contributed by atoms with Crippen LogP contribution in [0.5, 0.6) is 0 Å². The Labute approximate surface area is 88.6 Å². The van der Waals surface area contributed by atoms with Crippen LogP contribution in [0.15, 0.2) is 0 Å². The number of rotatable bonds is 4. The van der Waals surface area contributed by atoms with Crippen molar-refractivity contribution in [1.29, 1.82) is 0 Å². The molecular weight excluding hydrogens is 271 g/mol. The molecule has 0 heterocycles. The van der Waals surface area contributed by atoms with E-state index in [1.165, 1.54) is 0 Å². The van der Waals surface area contributed by atoms with E-state index in [2.05, 4.69) is 4.52 Å². The third-order valence-corrected chi connectivity index (χ3v) is 1.10. The standard InChI is InChI=1S/C4H9O3P.Nd/c1-2-3-4-7-8(5)6;/h2-4H2,1H3;/p+1. The first-order chi connectivity index (χ1) is 3.77. The number of unbranched alkanes of at least 4 members (excludes halogenated alkanes) is 1. The van der Waals surface area contributed by atoms with Gasteiger partial charge in [-0.3, -0.25) is 0 Å². The van der Waals surface area contributed by atoms with E-state index in [1.54, 1.807) is 0 Å². The van der Waals surface area contributed by atoms with Gasteiger partial charge in [0.2, 0.25) is 0 Å². The Morgan fingerprint density at radius 1 is 1.67 bits per heavy atom. The summed E-state index contributed by atoms with van der Waals surface area (Å²) in [4.78, 5) is 8.07. The summed E-state index contributed by atoms with van der Waals surface area (Å²) in [5.41, 5.74) is 0. The minimum atomic E-state index is -2.36. The second kappa shape index (κ2) is 9.37. The van der Waals surface area contributed by atoms with Gasteiger partial charge in [-0.25, -0.2) is 0 Å². The molecule has 0 aliphatic heterocycles. The van der Waals surface area contributed by atoms with Gasteiger partial charge in [0.25, 0.3) is 0 Å². The van der Waals surface area contributed by atoms with Gasteiger partial charge < -0.3 is 0 Å². The minimum absolute atomic E-state index is 0. The largest absolute Gasteiger partial charge is 0.694 e. The van der Waals surface area contributed by atoms with Crippen molar-refractivity contribution in [2.24, 2.45) is 0 Å². The van der Waals surface area contributed by atoms with Gasteiger partial charge in [-0.15, -0.1) is 9.42 Å². The molecular formula is C4H10NdO3P+. The van der Waals surface area contributed by atoms with Gasteiger partial charge >= 0.3 is 8.25 Å². The fourth-order valence-electron chi connectivity index (χ4n) is 0.287. The summed E-state index contributed by atoms with van der Waals surface area (Å²) in [6, 6.07) is 0. The smallest absolute Gasteiger partial charge is 0.133 e. The molecule has 52 valence electrons. The van der Waals surface area contributed by atoms with Crippen LogP contribution in [-0.2, 0) is 9.09 Å². The molecule has 0 saturated carbocycles. The topological polar surface area (TPSA) is 46.5 Å². The summed E-state index contributed by atoms with van der Waals surface area (Å²) >= 11 is 0. The van der Waals surface area contributed by atoms with Crippen LogP contribution in [0.25, 0.3) is 0 Å². The molecule has 0 aliphatic rings. The Morgan fingerprint density at radius 2 is 2.22 bits per heavy atom. The predicted molar refractivity (Wildman–Crippen MR) is 30.7 cm³/mol. The molecule has 0 bridgehead atoms. The van der Waals surface area contributed by atoms with Crippen molar-refractivity contribution in [3.05, 3.63) is 0 Å². The summed E-state index contributed by atoms with van der Waals surface area (Å²) in [5, 5.41) is 0. The summed E-state index contributed by atoms with van der Waals surface area (Å²) in [6.07, 6.45) is 1.84. The fraction of sp³-hybridized carbons (Fsp3) is 1.00. The Morgan fingerprint density at radius 3 is 2.56 bits per heavy atom. The molecule has 0 spiro atoms. The van der Waals surface area contributed by atoms with Crippen LogP contribution in [0.3, 0.4) is 0 Å². The average Bonchev–Trinajstić information content (AvgIpc) is 1.66. The zero-order valence-corrected chi connectivity index (χ0v) is 9.43. The molecule has 0 rings (SSSR count). The van der Waals surface area contributed by atoms with Gasteiger partial charge in [0.1, 0.15) is 6.61 Å². The van der Waals surface area contributed by atoms with E-state index >= 15 is 0 Å². The molecule has 5 heteroatoms. The van der Waals surface area contributed by atoms with E-state index < -0.39 is 8.25 Å². The van der Waals surface area contributed by atoms with E-state index in [-0.39, 0.29) is 40.8 Å². The van der Waals surface area contributed by atoms with Gasteiger partial charge in [0.05, 0.1) is 0 Å². The molecule has 0 aromatic rings. The van der Waals surface area contributed by atoms with Crippen LogP contribution in [0.1, 0.15) is 19.8 Å². The first-order valence-electron chi connectivity index (χ1n) is 2.56. The van der Waals surface area contributed by atoms with Crippen molar-refractivity contribution in [1.82, 2.24) is 0 Å². The quantitative estimate of drug-likeness (QED) is 0.627. The van der Waals surface area contributed by atoms with Crippen LogP contribution in [0.4, 0.5) is 0 Å². The molecule has 0 amide bonds. The molecule has 0 aliphatic carbocycles. The fourth-order valence-corrected chi connectivity index (χ4v) is 0.572. The molecule has 0 aromatic heterocycles. The van der Waals surface area contributed by atoms with Crippen molar-refractivity contribution in [2.45, 2.75) is 19.8 Å². The van der Waals surface area contributed by atoms with E-state index in [0.29, 0.717) is 6.61 Å². The van der Waals surface area contributed by atoms with Crippen molar-refractivity contribution < 1.29 is 54.8 Å². The Bertz CT molecular complexity index is 78.2. The molecule has 0 radical (unpaired) electrons. The van der Waals surface area contributed by atoms with E-state index in [4.69, 9.17) is 4.89 Å². The second-order valence-electron chi connectivity index (χ2n) is 1.42. The zero-order valence-electron chi connectivity index (χ0n) is 5.33. The minimum Gasteiger partial charge on any atom is -0.133 e. The first-order valence-corrected chi connectivity index (χ1v) is 3.69. The SMILES string of the molecule is CCCCO[P+](=O)O.[Nd]. The van der Waals surface area contributed by atoms with Gasteiger partial charge in [0, 0.05) is 45.4 Å². The van der Waals surface area contributed by atoms with E-state index in [9.17, 15) is 4.57 Å². The normalized spacial score (nSPS) is 10.2. The van der Waals surface area contributed by atoms with Crippen LogP contribution in [0, 0.1) is 40.8 Å². The van der Waals surface area contributed by atoms with Crippen molar-refractivity contribution in [2.75, 3.05) is 6.61 Å². The number of hydrogen-bond acceptors (Lipinski definition) is 2. The summed E-state index contributed by atoms with van der Waals surface area (Å²) in [6.45, 7) is 2.38. The molecule has 0 fully saturated rings. The van der Waals surface area contributed by atoms with Crippen LogP contribution in [-0.4, -0.2) is 11.5 Å². The zero-order chi connectivity index (χ0) is 6.41. The van der Waals surface area contributed by atoms with Crippen molar-refractivity contribution in [3.63, 3.8) is 0 Å². The maximum absolute atomic E-state index is 9.80. The third-order valence-electron chi connectivity index (χ3n) is 0.700. The Kier molecular flexibility index (Phi) is 13.5. The maximum atomic E-state index is 9.80. The van der Waals surface area contributed by atoms with Gasteiger partial charge in [0.15, 0.2) is 0 Å².